The number of rotatable bonds is 2. The van der Waals surface area contributed by atoms with E-state index in [2.05, 4.69) is 9.72 Å². The molecular weight excluding hydrogens is 427 g/mol. The van der Waals surface area contributed by atoms with Crippen molar-refractivity contribution in [2.75, 3.05) is 0 Å². The van der Waals surface area contributed by atoms with E-state index in [9.17, 15) is 26.3 Å². The second kappa shape index (κ2) is 5.94. The molecule has 2 nitrogen and oxygen atoms in total. The van der Waals surface area contributed by atoms with Crippen LogP contribution >= 0.6 is 22.6 Å². The van der Waals surface area contributed by atoms with Crippen molar-refractivity contribution in [2.45, 2.75) is 12.5 Å². The molecule has 1 heterocycles. The summed E-state index contributed by atoms with van der Waals surface area (Å²) in [5.41, 5.74) is -0.562. The predicted molar refractivity (Wildman–Crippen MR) is 74.1 cm³/mol. The van der Waals surface area contributed by atoms with Crippen molar-refractivity contribution in [3.8, 4) is 17.0 Å². The Kier molecular flexibility index (Phi) is 4.54. The molecule has 118 valence electrons. The highest BCUT2D eigenvalue weighted by Gasteiger charge is 2.34. The summed E-state index contributed by atoms with van der Waals surface area (Å²) < 4.78 is 78.2. The average Bonchev–Trinajstić information content (AvgIpc) is 2.37. The largest absolute Gasteiger partial charge is 0.573 e. The van der Waals surface area contributed by atoms with Crippen LogP contribution in [-0.4, -0.2) is 11.3 Å². The maximum atomic E-state index is 12.8. The van der Waals surface area contributed by atoms with E-state index < -0.39 is 23.9 Å². The molecule has 0 saturated heterocycles. The van der Waals surface area contributed by atoms with Crippen LogP contribution in [-0.2, 0) is 6.18 Å². The molecule has 0 saturated carbocycles. The number of ether oxygens (including phenoxy) is 1. The first-order valence-corrected chi connectivity index (χ1v) is 6.74. The number of aromatic nitrogens is 1. The van der Waals surface area contributed by atoms with Crippen molar-refractivity contribution < 1.29 is 31.1 Å². The SMILES string of the molecule is FC(F)(F)Oc1ccc(-c2nccc(C(F)(F)F)c2I)cc1. The zero-order valence-corrected chi connectivity index (χ0v) is 12.6. The van der Waals surface area contributed by atoms with Gasteiger partial charge in [0.05, 0.1) is 14.8 Å². The average molecular weight is 433 g/mol. The van der Waals surface area contributed by atoms with Gasteiger partial charge in [-0.2, -0.15) is 13.2 Å². The van der Waals surface area contributed by atoms with Crippen molar-refractivity contribution in [2.24, 2.45) is 0 Å². The van der Waals surface area contributed by atoms with E-state index >= 15 is 0 Å². The number of pyridine rings is 1. The van der Waals surface area contributed by atoms with E-state index in [0.717, 1.165) is 24.4 Å². The molecule has 0 N–H and O–H groups in total. The predicted octanol–water partition coefficient (Wildman–Crippen LogP) is 5.27. The van der Waals surface area contributed by atoms with E-state index in [1.54, 1.807) is 0 Å². The molecule has 0 aliphatic carbocycles. The molecule has 0 spiro atoms. The molecule has 0 amide bonds. The zero-order valence-electron chi connectivity index (χ0n) is 10.5. The van der Waals surface area contributed by atoms with Crippen LogP contribution < -0.4 is 4.74 Å². The highest BCUT2D eigenvalue weighted by molar-refractivity contribution is 14.1. The number of alkyl halides is 6. The topological polar surface area (TPSA) is 22.1 Å². The first-order chi connectivity index (χ1) is 10.1. The van der Waals surface area contributed by atoms with E-state index in [1.807, 2.05) is 0 Å². The molecule has 2 aromatic rings. The second-order valence-electron chi connectivity index (χ2n) is 4.09. The molecule has 0 bridgehead atoms. The van der Waals surface area contributed by atoms with Gasteiger partial charge in [0.25, 0.3) is 0 Å². The molecule has 2 rings (SSSR count). The fraction of sp³-hybridized carbons (Fsp3) is 0.154. The van der Waals surface area contributed by atoms with Gasteiger partial charge in [0.15, 0.2) is 0 Å². The van der Waals surface area contributed by atoms with Gasteiger partial charge in [0.2, 0.25) is 0 Å². The Morgan fingerprint density at radius 1 is 0.909 bits per heavy atom. The van der Waals surface area contributed by atoms with Gasteiger partial charge in [-0.15, -0.1) is 13.2 Å². The monoisotopic (exact) mass is 433 g/mol. The van der Waals surface area contributed by atoms with Crippen LogP contribution in [0.25, 0.3) is 11.3 Å². The summed E-state index contributed by atoms with van der Waals surface area (Å²) in [5, 5.41) is 0. The summed E-state index contributed by atoms with van der Waals surface area (Å²) >= 11 is 1.51. The Morgan fingerprint density at radius 3 is 2.00 bits per heavy atom. The van der Waals surface area contributed by atoms with Gasteiger partial charge < -0.3 is 4.74 Å². The fourth-order valence-corrected chi connectivity index (χ4v) is 2.61. The van der Waals surface area contributed by atoms with Crippen LogP contribution in [0.5, 0.6) is 5.75 Å². The molecule has 0 aliphatic rings. The van der Waals surface area contributed by atoms with Crippen molar-refractivity contribution in [3.63, 3.8) is 0 Å². The van der Waals surface area contributed by atoms with Crippen LogP contribution in [0.2, 0.25) is 0 Å². The van der Waals surface area contributed by atoms with Crippen molar-refractivity contribution >= 4 is 22.6 Å². The van der Waals surface area contributed by atoms with Gasteiger partial charge in [-0.25, -0.2) is 0 Å². The van der Waals surface area contributed by atoms with Crippen molar-refractivity contribution in [3.05, 3.63) is 45.7 Å². The lowest BCUT2D eigenvalue weighted by Crippen LogP contribution is -2.17. The van der Waals surface area contributed by atoms with Gasteiger partial charge >= 0.3 is 12.5 Å². The first-order valence-electron chi connectivity index (χ1n) is 5.66. The molecule has 0 unspecified atom stereocenters. The third kappa shape index (κ3) is 4.02. The van der Waals surface area contributed by atoms with Crippen LogP contribution in [0, 0.1) is 3.57 Å². The Balaban J connectivity index is 2.37. The van der Waals surface area contributed by atoms with Gasteiger partial charge in [0.1, 0.15) is 5.75 Å². The Labute approximate surface area is 134 Å². The van der Waals surface area contributed by atoms with Gasteiger partial charge in [-0.1, -0.05) is 0 Å². The maximum absolute atomic E-state index is 12.8. The van der Waals surface area contributed by atoms with E-state index in [-0.39, 0.29) is 14.8 Å². The lowest BCUT2D eigenvalue weighted by Gasteiger charge is -2.13. The Morgan fingerprint density at radius 2 is 1.50 bits per heavy atom. The highest BCUT2D eigenvalue weighted by Crippen LogP contribution is 2.36. The van der Waals surface area contributed by atoms with Crippen LogP contribution in [0.15, 0.2) is 36.5 Å². The summed E-state index contributed by atoms with van der Waals surface area (Å²) in [6.45, 7) is 0. The number of benzene rings is 1. The molecule has 22 heavy (non-hydrogen) atoms. The first kappa shape index (κ1) is 16.8. The van der Waals surface area contributed by atoms with Gasteiger partial charge in [0, 0.05) is 11.8 Å². The second-order valence-corrected chi connectivity index (χ2v) is 5.17. The molecule has 0 fully saturated rings. The fourth-order valence-electron chi connectivity index (χ4n) is 1.68. The summed E-state index contributed by atoms with van der Waals surface area (Å²) in [4.78, 5) is 3.86. The van der Waals surface area contributed by atoms with Crippen LogP contribution in [0.1, 0.15) is 5.56 Å². The van der Waals surface area contributed by atoms with Gasteiger partial charge in [-0.05, 0) is 52.9 Å². The highest BCUT2D eigenvalue weighted by atomic mass is 127. The summed E-state index contributed by atoms with van der Waals surface area (Å²) in [5.74, 6) is -0.460. The quantitative estimate of drug-likeness (QED) is 0.476. The smallest absolute Gasteiger partial charge is 0.406 e. The molecule has 0 atom stereocenters. The molecule has 0 aliphatic heterocycles. The molecule has 1 aromatic heterocycles. The van der Waals surface area contributed by atoms with E-state index in [0.29, 0.717) is 0 Å². The lowest BCUT2D eigenvalue weighted by molar-refractivity contribution is -0.274. The zero-order chi connectivity index (χ0) is 16.5. The third-order valence-corrected chi connectivity index (χ3v) is 3.65. The van der Waals surface area contributed by atoms with Crippen molar-refractivity contribution in [1.29, 1.82) is 0 Å². The minimum absolute atomic E-state index is 0.0361. The maximum Gasteiger partial charge on any atom is 0.573 e. The molecular formula is C13H6F6INO. The molecule has 0 radical (unpaired) electrons. The molecule has 9 heteroatoms. The Bertz CT molecular complexity index is 666. The standard InChI is InChI=1S/C13H6F6INO/c14-12(15,16)9-5-6-21-11(10(9)20)7-1-3-8(4-2-7)22-13(17,18)19/h1-6H. The van der Waals surface area contributed by atoms with Gasteiger partial charge in [-0.3, -0.25) is 4.98 Å². The minimum Gasteiger partial charge on any atom is -0.406 e. The minimum atomic E-state index is -4.83. The number of hydrogen-bond donors (Lipinski definition) is 0. The van der Waals surface area contributed by atoms with E-state index in [1.165, 1.54) is 34.7 Å². The van der Waals surface area contributed by atoms with E-state index in [4.69, 9.17) is 0 Å². The summed E-state index contributed by atoms with van der Waals surface area (Å²) in [6, 6.07) is 5.30. The normalized spacial score (nSPS) is 12.3. The summed E-state index contributed by atoms with van der Waals surface area (Å²) in [7, 11) is 0. The van der Waals surface area contributed by atoms with Crippen LogP contribution in [0.3, 0.4) is 0 Å². The number of hydrogen-bond acceptors (Lipinski definition) is 2. The van der Waals surface area contributed by atoms with Crippen LogP contribution in [0.4, 0.5) is 26.3 Å². The summed E-state index contributed by atoms with van der Waals surface area (Å²) in [6.07, 6.45) is -8.36. The molecule has 1 aromatic carbocycles. The Hall–Kier alpha value is -1.52. The van der Waals surface area contributed by atoms with Crippen molar-refractivity contribution in [1.82, 2.24) is 4.98 Å². The number of nitrogens with zero attached hydrogens (tertiary/aromatic N) is 1. The number of halogens is 7. The third-order valence-electron chi connectivity index (χ3n) is 2.56. The lowest BCUT2D eigenvalue weighted by atomic mass is 10.1.